The highest BCUT2D eigenvalue weighted by Gasteiger charge is 2.20. The van der Waals surface area contributed by atoms with E-state index >= 15 is 0 Å². The number of ether oxygens (including phenoxy) is 1. The quantitative estimate of drug-likeness (QED) is 0.926. The van der Waals surface area contributed by atoms with E-state index < -0.39 is 12.7 Å². The van der Waals surface area contributed by atoms with Gasteiger partial charge in [0.1, 0.15) is 5.75 Å². The maximum absolute atomic E-state index is 12.4. The SMILES string of the molecule is O=C(O)N1CC=C(c2cc(Cl)ccc2OC(F)F)CC1. The van der Waals surface area contributed by atoms with E-state index in [0.717, 1.165) is 5.57 Å². The van der Waals surface area contributed by atoms with E-state index in [1.165, 1.54) is 17.0 Å². The molecule has 0 saturated carbocycles. The van der Waals surface area contributed by atoms with Gasteiger partial charge in [0.15, 0.2) is 0 Å². The molecule has 2 rings (SSSR count). The molecular formula is C13H12ClF2NO3. The molecule has 0 aromatic heterocycles. The van der Waals surface area contributed by atoms with Gasteiger partial charge in [-0.2, -0.15) is 8.78 Å². The molecule has 1 aromatic carbocycles. The van der Waals surface area contributed by atoms with Crippen molar-refractivity contribution in [2.45, 2.75) is 13.0 Å². The van der Waals surface area contributed by atoms with E-state index in [1.54, 1.807) is 12.1 Å². The van der Waals surface area contributed by atoms with Crippen LogP contribution in [-0.2, 0) is 0 Å². The van der Waals surface area contributed by atoms with E-state index in [2.05, 4.69) is 4.74 Å². The lowest BCUT2D eigenvalue weighted by Crippen LogP contribution is -2.33. The summed E-state index contributed by atoms with van der Waals surface area (Å²) in [6.45, 7) is -2.40. The van der Waals surface area contributed by atoms with E-state index in [0.29, 0.717) is 23.6 Å². The molecule has 1 aromatic rings. The molecule has 0 radical (unpaired) electrons. The molecular weight excluding hydrogens is 292 g/mol. The second-order valence-electron chi connectivity index (χ2n) is 4.23. The Morgan fingerprint density at radius 1 is 1.45 bits per heavy atom. The lowest BCUT2D eigenvalue weighted by molar-refractivity contribution is -0.0500. The number of carboxylic acid groups (broad SMARTS) is 1. The molecule has 0 fully saturated rings. The highest BCUT2D eigenvalue weighted by atomic mass is 35.5. The zero-order valence-corrected chi connectivity index (χ0v) is 11.1. The summed E-state index contributed by atoms with van der Waals surface area (Å²) in [5.74, 6) is 0.0411. The fourth-order valence-corrected chi connectivity index (χ4v) is 2.21. The number of hydrogen-bond donors (Lipinski definition) is 1. The number of rotatable bonds is 3. The topological polar surface area (TPSA) is 49.8 Å². The Bertz CT molecular complexity index is 548. The standard InChI is InChI=1S/C13H12ClF2NO3/c14-9-1-2-11(20-12(15)16)10(7-9)8-3-5-17(6-4-8)13(18)19/h1-3,7,12H,4-6H2,(H,18,19). The Morgan fingerprint density at radius 2 is 2.20 bits per heavy atom. The normalized spacial score (nSPS) is 15.2. The molecule has 0 saturated heterocycles. The van der Waals surface area contributed by atoms with E-state index in [-0.39, 0.29) is 12.3 Å². The number of carbonyl (C=O) groups is 1. The number of alkyl halides is 2. The van der Waals surface area contributed by atoms with Crippen molar-refractivity contribution in [3.8, 4) is 5.75 Å². The predicted molar refractivity (Wildman–Crippen MR) is 70.3 cm³/mol. The van der Waals surface area contributed by atoms with Crippen LogP contribution in [0.3, 0.4) is 0 Å². The molecule has 0 aliphatic carbocycles. The van der Waals surface area contributed by atoms with Gasteiger partial charge in [0.25, 0.3) is 0 Å². The molecule has 1 N–H and O–H groups in total. The Hall–Kier alpha value is -1.82. The van der Waals surface area contributed by atoms with Gasteiger partial charge in [-0.25, -0.2) is 4.79 Å². The fourth-order valence-electron chi connectivity index (χ4n) is 2.04. The smallest absolute Gasteiger partial charge is 0.407 e. The van der Waals surface area contributed by atoms with Crippen molar-refractivity contribution in [3.05, 3.63) is 34.9 Å². The summed E-state index contributed by atoms with van der Waals surface area (Å²) in [7, 11) is 0. The van der Waals surface area contributed by atoms with Crippen LogP contribution in [-0.4, -0.2) is 35.8 Å². The van der Waals surface area contributed by atoms with Crippen LogP contribution in [0.2, 0.25) is 5.02 Å². The fraction of sp³-hybridized carbons (Fsp3) is 0.308. The van der Waals surface area contributed by atoms with Crippen LogP contribution in [0.25, 0.3) is 5.57 Å². The highest BCUT2D eigenvalue weighted by molar-refractivity contribution is 6.30. The van der Waals surface area contributed by atoms with Crippen molar-refractivity contribution in [3.63, 3.8) is 0 Å². The molecule has 4 nitrogen and oxygen atoms in total. The Balaban J connectivity index is 2.28. The maximum atomic E-state index is 12.4. The second kappa shape index (κ2) is 6.09. The van der Waals surface area contributed by atoms with Crippen LogP contribution < -0.4 is 4.74 Å². The zero-order valence-electron chi connectivity index (χ0n) is 10.4. The molecule has 1 heterocycles. The largest absolute Gasteiger partial charge is 0.465 e. The summed E-state index contributed by atoms with van der Waals surface area (Å²) in [5, 5.41) is 9.27. The van der Waals surface area contributed by atoms with E-state index in [1.807, 2.05) is 0 Å². The summed E-state index contributed by atoms with van der Waals surface area (Å²) in [5.41, 5.74) is 1.23. The van der Waals surface area contributed by atoms with Gasteiger partial charge in [-0.05, 0) is 30.2 Å². The third-order valence-electron chi connectivity index (χ3n) is 2.98. The lowest BCUT2D eigenvalue weighted by atomic mass is 9.99. The molecule has 108 valence electrons. The highest BCUT2D eigenvalue weighted by Crippen LogP contribution is 2.33. The van der Waals surface area contributed by atoms with Crippen LogP contribution >= 0.6 is 11.6 Å². The van der Waals surface area contributed by atoms with Crippen molar-refractivity contribution in [1.82, 2.24) is 4.90 Å². The minimum atomic E-state index is -2.92. The minimum absolute atomic E-state index is 0.0411. The Morgan fingerprint density at radius 3 is 2.75 bits per heavy atom. The van der Waals surface area contributed by atoms with Crippen LogP contribution in [0.5, 0.6) is 5.75 Å². The predicted octanol–water partition coefficient (Wildman–Crippen LogP) is 3.71. The average molecular weight is 304 g/mol. The molecule has 0 spiro atoms. The minimum Gasteiger partial charge on any atom is -0.465 e. The number of nitrogens with zero attached hydrogens (tertiary/aromatic N) is 1. The average Bonchev–Trinajstić information content (AvgIpc) is 2.40. The molecule has 0 bridgehead atoms. The van der Waals surface area contributed by atoms with Crippen molar-refractivity contribution in [2.75, 3.05) is 13.1 Å². The second-order valence-corrected chi connectivity index (χ2v) is 4.66. The maximum Gasteiger partial charge on any atom is 0.407 e. The van der Waals surface area contributed by atoms with Crippen LogP contribution in [0, 0.1) is 0 Å². The third kappa shape index (κ3) is 3.39. The van der Waals surface area contributed by atoms with Crippen molar-refractivity contribution in [1.29, 1.82) is 0 Å². The van der Waals surface area contributed by atoms with Gasteiger partial charge in [0.2, 0.25) is 0 Å². The molecule has 1 amide bonds. The van der Waals surface area contributed by atoms with E-state index in [9.17, 15) is 13.6 Å². The van der Waals surface area contributed by atoms with E-state index in [4.69, 9.17) is 16.7 Å². The Labute approximate surface area is 119 Å². The number of benzene rings is 1. The summed E-state index contributed by atoms with van der Waals surface area (Å²) in [6.07, 6.45) is 1.10. The van der Waals surface area contributed by atoms with Gasteiger partial charge < -0.3 is 14.7 Å². The first-order chi connectivity index (χ1) is 9.47. The van der Waals surface area contributed by atoms with Crippen LogP contribution in [0.1, 0.15) is 12.0 Å². The first kappa shape index (κ1) is 14.6. The van der Waals surface area contributed by atoms with Crippen LogP contribution in [0.4, 0.5) is 13.6 Å². The molecule has 0 unspecified atom stereocenters. The number of amides is 1. The molecule has 0 atom stereocenters. The molecule has 7 heteroatoms. The molecule has 1 aliphatic rings. The van der Waals surface area contributed by atoms with Gasteiger partial charge in [-0.1, -0.05) is 17.7 Å². The van der Waals surface area contributed by atoms with Gasteiger partial charge in [0.05, 0.1) is 0 Å². The molecule has 20 heavy (non-hydrogen) atoms. The summed E-state index contributed by atoms with van der Waals surface area (Å²) >= 11 is 5.88. The van der Waals surface area contributed by atoms with Gasteiger partial charge in [-0.15, -0.1) is 0 Å². The lowest BCUT2D eigenvalue weighted by Gasteiger charge is -2.24. The van der Waals surface area contributed by atoms with Crippen LogP contribution in [0.15, 0.2) is 24.3 Å². The monoisotopic (exact) mass is 303 g/mol. The van der Waals surface area contributed by atoms with Gasteiger partial charge >= 0.3 is 12.7 Å². The third-order valence-corrected chi connectivity index (χ3v) is 3.22. The van der Waals surface area contributed by atoms with Crippen molar-refractivity contribution in [2.24, 2.45) is 0 Å². The number of halogens is 3. The summed E-state index contributed by atoms with van der Waals surface area (Å²) < 4.78 is 29.2. The Kier molecular flexibility index (Phi) is 4.44. The van der Waals surface area contributed by atoms with Crippen molar-refractivity contribution < 1.29 is 23.4 Å². The number of hydrogen-bond acceptors (Lipinski definition) is 2. The zero-order chi connectivity index (χ0) is 14.7. The van der Waals surface area contributed by atoms with Crippen molar-refractivity contribution >= 4 is 23.3 Å². The van der Waals surface area contributed by atoms with Gasteiger partial charge in [-0.3, -0.25) is 0 Å². The summed E-state index contributed by atoms with van der Waals surface area (Å²) in [4.78, 5) is 12.1. The first-order valence-electron chi connectivity index (χ1n) is 5.89. The molecule has 1 aliphatic heterocycles. The summed E-state index contributed by atoms with van der Waals surface area (Å²) in [6, 6.07) is 4.39. The van der Waals surface area contributed by atoms with Gasteiger partial charge in [0, 0.05) is 23.7 Å². The first-order valence-corrected chi connectivity index (χ1v) is 6.27.